The lowest BCUT2D eigenvalue weighted by atomic mass is 10.1. The average Bonchev–Trinajstić information content (AvgIpc) is 2.89. The number of hydrogen-bond acceptors (Lipinski definition) is 4. The smallest absolute Gasteiger partial charge is 0.308 e. The SMILES string of the molecule is CCCCCCCCCCC1(S(=O)(=O)O)Nc2ccccc2N1. The van der Waals surface area contributed by atoms with Crippen molar-refractivity contribution in [1.82, 2.24) is 0 Å². The summed E-state index contributed by atoms with van der Waals surface area (Å²) in [4.78, 5) is -1.49. The highest BCUT2D eigenvalue weighted by Gasteiger charge is 2.46. The zero-order valence-electron chi connectivity index (χ0n) is 13.8. The Morgan fingerprint density at radius 1 is 0.913 bits per heavy atom. The van der Waals surface area contributed by atoms with Crippen LogP contribution in [0.1, 0.15) is 64.7 Å². The number of rotatable bonds is 10. The summed E-state index contributed by atoms with van der Waals surface area (Å²) >= 11 is 0. The summed E-state index contributed by atoms with van der Waals surface area (Å²) in [7, 11) is -4.26. The molecule has 3 N–H and O–H groups in total. The molecule has 0 bridgehead atoms. The van der Waals surface area contributed by atoms with Crippen LogP contribution in [0.5, 0.6) is 0 Å². The molecule has 0 spiro atoms. The number of para-hydroxylation sites is 2. The lowest BCUT2D eigenvalue weighted by Gasteiger charge is -2.27. The van der Waals surface area contributed by atoms with Crippen LogP contribution in [0.4, 0.5) is 11.4 Å². The molecule has 6 heteroatoms. The summed E-state index contributed by atoms with van der Waals surface area (Å²) in [6.45, 7) is 2.20. The van der Waals surface area contributed by atoms with Gasteiger partial charge >= 0.3 is 10.1 Å². The van der Waals surface area contributed by atoms with Gasteiger partial charge < -0.3 is 10.6 Å². The summed E-state index contributed by atoms with van der Waals surface area (Å²) in [5.41, 5.74) is 1.43. The lowest BCUT2D eigenvalue weighted by molar-refractivity contribution is 0.434. The van der Waals surface area contributed by atoms with E-state index in [1.165, 1.54) is 32.1 Å². The van der Waals surface area contributed by atoms with Gasteiger partial charge in [0.25, 0.3) is 0 Å². The molecule has 0 unspecified atom stereocenters. The number of hydrogen-bond donors (Lipinski definition) is 3. The monoisotopic (exact) mass is 340 g/mol. The summed E-state index contributed by atoms with van der Waals surface area (Å²) < 4.78 is 33.5. The minimum absolute atomic E-state index is 0.343. The summed E-state index contributed by atoms with van der Waals surface area (Å²) in [5, 5.41) is 5.92. The van der Waals surface area contributed by atoms with Crippen LogP contribution in [0.3, 0.4) is 0 Å². The Kier molecular flexibility index (Phi) is 6.30. The number of unbranched alkanes of at least 4 members (excludes halogenated alkanes) is 7. The van der Waals surface area contributed by atoms with E-state index in [-0.39, 0.29) is 0 Å². The van der Waals surface area contributed by atoms with Crippen LogP contribution in [0, 0.1) is 0 Å². The van der Waals surface area contributed by atoms with Gasteiger partial charge in [-0.15, -0.1) is 0 Å². The van der Waals surface area contributed by atoms with Crippen LogP contribution in [0.25, 0.3) is 0 Å². The third-order valence-corrected chi connectivity index (χ3v) is 5.71. The molecule has 2 rings (SSSR count). The molecule has 0 amide bonds. The first-order valence-electron chi connectivity index (χ1n) is 8.61. The molecular weight excluding hydrogens is 312 g/mol. The van der Waals surface area contributed by atoms with Crippen molar-refractivity contribution in [2.45, 2.75) is 69.7 Å². The van der Waals surface area contributed by atoms with Crippen molar-refractivity contribution in [3.63, 3.8) is 0 Å². The second kappa shape index (κ2) is 8.02. The Morgan fingerprint density at radius 2 is 1.39 bits per heavy atom. The van der Waals surface area contributed by atoms with Crippen molar-refractivity contribution in [2.75, 3.05) is 10.6 Å². The van der Waals surface area contributed by atoms with Gasteiger partial charge in [0, 0.05) is 6.42 Å². The standard InChI is InChI=1S/C17H28N2O3S/c1-2-3-4-5-6-7-8-11-14-17(23(20,21)22)18-15-12-9-10-13-16(15)19-17/h9-10,12-13,18-19H,2-8,11,14H2,1H3,(H,20,21,22). The van der Waals surface area contributed by atoms with Crippen molar-refractivity contribution in [3.05, 3.63) is 24.3 Å². The quantitative estimate of drug-likeness (QED) is 0.429. The average molecular weight is 340 g/mol. The minimum Gasteiger partial charge on any atom is -0.347 e. The largest absolute Gasteiger partial charge is 0.347 e. The highest BCUT2D eigenvalue weighted by molar-refractivity contribution is 7.87. The lowest BCUT2D eigenvalue weighted by Crippen LogP contribution is -2.49. The normalized spacial score (nSPS) is 15.7. The third-order valence-electron chi connectivity index (χ3n) is 4.42. The van der Waals surface area contributed by atoms with E-state index in [1.807, 2.05) is 24.3 Å². The fourth-order valence-corrected chi connectivity index (χ4v) is 3.94. The van der Waals surface area contributed by atoms with Gasteiger partial charge in [0.1, 0.15) is 0 Å². The predicted molar refractivity (Wildman–Crippen MR) is 95.2 cm³/mol. The van der Waals surface area contributed by atoms with Gasteiger partial charge in [-0.2, -0.15) is 8.42 Å². The Bertz CT molecular complexity index is 577. The molecule has 1 aliphatic rings. The topological polar surface area (TPSA) is 78.4 Å². The van der Waals surface area contributed by atoms with Crippen LogP contribution in [0.2, 0.25) is 0 Å². The van der Waals surface area contributed by atoms with Gasteiger partial charge in [0.2, 0.25) is 4.99 Å². The summed E-state index contributed by atoms with van der Waals surface area (Å²) in [6, 6.07) is 7.29. The van der Waals surface area contributed by atoms with Crippen LogP contribution >= 0.6 is 0 Å². The van der Waals surface area contributed by atoms with E-state index in [2.05, 4.69) is 17.6 Å². The molecule has 1 aromatic carbocycles. The Hall–Kier alpha value is -1.27. The highest BCUT2D eigenvalue weighted by Crippen LogP contribution is 2.38. The number of anilines is 2. The first-order valence-corrected chi connectivity index (χ1v) is 10.0. The maximum absolute atomic E-state index is 11.9. The summed E-state index contributed by atoms with van der Waals surface area (Å²) in [6.07, 6.45) is 9.44. The Balaban J connectivity index is 1.83. The van der Waals surface area contributed by atoms with E-state index in [4.69, 9.17) is 0 Å². The van der Waals surface area contributed by atoms with Crippen molar-refractivity contribution in [1.29, 1.82) is 0 Å². The molecule has 0 fully saturated rings. The Labute approximate surface area is 139 Å². The van der Waals surface area contributed by atoms with Crippen molar-refractivity contribution >= 4 is 21.5 Å². The molecule has 1 aromatic rings. The molecule has 0 aromatic heterocycles. The second-order valence-electron chi connectivity index (χ2n) is 6.32. The highest BCUT2D eigenvalue weighted by atomic mass is 32.2. The Morgan fingerprint density at radius 3 is 1.87 bits per heavy atom. The van der Waals surface area contributed by atoms with Gasteiger partial charge in [0.15, 0.2) is 0 Å². The number of benzene rings is 1. The molecule has 0 atom stereocenters. The molecule has 0 saturated heterocycles. The van der Waals surface area contributed by atoms with E-state index in [0.29, 0.717) is 17.8 Å². The van der Waals surface area contributed by atoms with Gasteiger partial charge in [-0.3, -0.25) is 4.55 Å². The van der Waals surface area contributed by atoms with Crippen LogP contribution in [0.15, 0.2) is 24.3 Å². The molecule has 0 aliphatic carbocycles. The maximum Gasteiger partial charge on any atom is 0.308 e. The van der Waals surface area contributed by atoms with Crippen LogP contribution in [-0.2, 0) is 10.1 Å². The number of fused-ring (bicyclic) bond motifs is 1. The van der Waals surface area contributed by atoms with E-state index in [9.17, 15) is 13.0 Å². The van der Waals surface area contributed by atoms with E-state index in [0.717, 1.165) is 19.3 Å². The molecule has 1 aliphatic heterocycles. The molecule has 5 nitrogen and oxygen atoms in total. The van der Waals surface area contributed by atoms with Crippen LogP contribution in [-0.4, -0.2) is 18.0 Å². The molecule has 130 valence electrons. The maximum atomic E-state index is 11.9. The molecule has 0 radical (unpaired) electrons. The van der Waals surface area contributed by atoms with Gasteiger partial charge in [0.05, 0.1) is 11.4 Å². The van der Waals surface area contributed by atoms with E-state index < -0.39 is 15.1 Å². The van der Waals surface area contributed by atoms with Gasteiger partial charge in [-0.25, -0.2) is 0 Å². The predicted octanol–water partition coefficient (Wildman–Crippen LogP) is 4.60. The van der Waals surface area contributed by atoms with E-state index >= 15 is 0 Å². The van der Waals surface area contributed by atoms with Crippen molar-refractivity contribution < 1.29 is 13.0 Å². The zero-order chi connectivity index (χ0) is 16.8. The first kappa shape index (κ1) is 18.1. The van der Waals surface area contributed by atoms with Gasteiger partial charge in [-0.05, 0) is 18.6 Å². The zero-order valence-corrected chi connectivity index (χ0v) is 14.7. The van der Waals surface area contributed by atoms with Gasteiger partial charge in [-0.1, -0.05) is 64.0 Å². The fourth-order valence-electron chi connectivity index (χ4n) is 3.06. The van der Waals surface area contributed by atoms with Crippen molar-refractivity contribution in [3.8, 4) is 0 Å². The summed E-state index contributed by atoms with van der Waals surface area (Å²) in [5.74, 6) is 0. The fraction of sp³-hybridized carbons (Fsp3) is 0.647. The third kappa shape index (κ3) is 4.61. The van der Waals surface area contributed by atoms with Crippen molar-refractivity contribution in [2.24, 2.45) is 0 Å². The molecule has 0 saturated carbocycles. The molecule has 1 heterocycles. The van der Waals surface area contributed by atoms with Crippen LogP contribution < -0.4 is 10.6 Å². The molecule has 23 heavy (non-hydrogen) atoms. The minimum atomic E-state index is -4.26. The first-order chi connectivity index (χ1) is 11.0. The second-order valence-corrected chi connectivity index (χ2v) is 7.97. The molecular formula is C17H28N2O3S. The number of nitrogens with one attached hydrogen (secondary N) is 2. The van der Waals surface area contributed by atoms with E-state index in [1.54, 1.807) is 0 Å².